The average molecular weight is 1180 g/mol. The van der Waals surface area contributed by atoms with Crippen LogP contribution in [0, 0.1) is 0 Å². The smallest absolute Gasteiger partial charge is 0.305 e. The Labute approximate surface area is 514 Å². The second kappa shape index (κ2) is 31.6. The summed E-state index contributed by atoms with van der Waals surface area (Å²) in [5, 5.41) is 28.2. The maximum Gasteiger partial charge on any atom is 0.305 e. The van der Waals surface area contributed by atoms with E-state index in [9.17, 15) is 14.7 Å². The van der Waals surface area contributed by atoms with Gasteiger partial charge >= 0.3 is 11.9 Å². The largest absolute Gasteiger partial charge is 0.508 e. The van der Waals surface area contributed by atoms with Crippen molar-refractivity contribution >= 4 is 11.9 Å². The van der Waals surface area contributed by atoms with Crippen LogP contribution in [0.15, 0.2) is 170 Å². The minimum Gasteiger partial charge on any atom is -0.508 e. The summed E-state index contributed by atoms with van der Waals surface area (Å²) in [6.07, 6.45) is 7.81. The number of hydrogen-bond acceptors (Lipinski definition) is 14. The number of esters is 2. The van der Waals surface area contributed by atoms with Crippen molar-refractivity contribution in [2.75, 3.05) is 46.5 Å². The van der Waals surface area contributed by atoms with Crippen molar-refractivity contribution < 1.29 is 28.9 Å². The van der Waals surface area contributed by atoms with E-state index in [1.807, 2.05) is 49.1 Å². The zero-order chi connectivity index (χ0) is 61.1. The highest BCUT2D eigenvalue weighted by Gasteiger charge is 2.37. The van der Waals surface area contributed by atoms with Gasteiger partial charge in [-0.25, -0.2) is 0 Å². The lowest BCUT2D eigenvalue weighted by Crippen LogP contribution is -2.56. The highest BCUT2D eigenvalue weighted by molar-refractivity contribution is 5.69. The third-order valence-electron chi connectivity index (χ3n) is 16.8. The van der Waals surface area contributed by atoms with Crippen LogP contribution in [0.4, 0.5) is 0 Å². The van der Waals surface area contributed by atoms with Crippen LogP contribution in [-0.2, 0) is 45.2 Å². The maximum absolute atomic E-state index is 11.6. The van der Waals surface area contributed by atoms with E-state index in [0.717, 1.165) is 98.8 Å². The van der Waals surface area contributed by atoms with E-state index in [2.05, 4.69) is 196 Å². The number of unbranched alkanes of at least 4 members (excludes halogenated alkanes) is 2. The number of piperazine rings is 2. The van der Waals surface area contributed by atoms with E-state index in [4.69, 9.17) is 19.3 Å². The second-order valence-corrected chi connectivity index (χ2v) is 23.3. The van der Waals surface area contributed by atoms with Crippen LogP contribution in [0.25, 0.3) is 22.5 Å². The van der Waals surface area contributed by atoms with Crippen LogP contribution in [0.3, 0.4) is 0 Å². The number of ether oxygens (including phenoxy) is 3. The molecule has 458 valence electrons. The summed E-state index contributed by atoms with van der Waals surface area (Å²) in [5.74, 6) is 0.850. The first-order valence-corrected chi connectivity index (χ1v) is 31.2. The topological polar surface area (TPSA) is 156 Å². The van der Waals surface area contributed by atoms with Gasteiger partial charge in [-0.05, 0) is 125 Å². The molecule has 2 aliphatic heterocycles. The van der Waals surface area contributed by atoms with Gasteiger partial charge in [-0.15, -0.1) is 5.10 Å². The number of aryl methyl sites for hydroxylation is 2. The Hall–Kier alpha value is -8.02. The predicted molar refractivity (Wildman–Crippen MR) is 342 cm³/mol. The molecule has 0 spiro atoms. The first kappa shape index (κ1) is 63.5. The zero-order valence-corrected chi connectivity index (χ0v) is 51.9. The summed E-state index contributed by atoms with van der Waals surface area (Å²) in [6, 6.07) is 56.5. The Balaban J connectivity index is 0.000000208. The predicted octanol–water partition coefficient (Wildman–Crippen LogP) is 12.4. The molecule has 87 heavy (non-hydrogen) atoms. The standard InChI is InChI=1S/C36H45N5O3.C35H43N5O3/c1-5-44-35(42)16-9-10-21-41-37-23-34(38-41)30-17-19-31(20-18-30)36(32-14-11-15-33(22-32)43-4)40-25-27(2)39(24-28(40)3)26-29-12-7-6-8-13-29;1-4-43-34(42)15-8-9-20-39-25-33(36-37-39)29-16-18-30(19-17-29)35(31-13-10-14-32(41)21-31)40-23-26(2)38(22-27(40)3)24-28-11-6-5-7-12-28/h6-8,11-15,17-20,22-23,27-28,36H,5,9-10,16,21,24-26H2,1-4H3;5-7,10-14,16-19,21,25-27,35,41H,4,8-9,15,20,22-24H2,1-3H3/t;26-,27+,35-/m.1/s1. The molecule has 16 nitrogen and oxygen atoms in total. The molecule has 3 unspecified atom stereocenters. The SMILES string of the molecule is CCOC(=O)CCCCn1cc(-c2ccc([C@H](c3cccc(O)c3)N3C[C@@H](C)N(Cc4ccccc4)C[C@@H]3C)cc2)nn1.CCOC(=O)CCCCn1ncc(-c2ccc(C(c3cccc(OC)c3)N3CC(C)N(Cc4ccccc4)CC3C)cc2)n1. The van der Waals surface area contributed by atoms with E-state index >= 15 is 0 Å². The summed E-state index contributed by atoms with van der Waals surface area (Å²) < 4.78 is 17.5. The Bertz CT molecular complexity index is 3380. The third kappa shape index (κ3) is 17.6. The van der Waals surface area contributed by atoms with Crippen LogP contribution in [0.1, 0.15) is 126 Å². The molecule has 2 saturated heterocycles. The molecule has 6 atom stereocenters. The Morgan fingerprint density at radius 1 is 0.552 bits per heavy atom. The Kier molecular flexibility index (Phi) is 23.0. The number of aromatic nitrogens is 6. The van der Waals surface area contributed by atoms with Gasteiger partial charge in [0.25, 0.3) is 0 Å². The molecule has 0 aliphatic carbocycles. The molecule has 2 aliphatic rings. The normalized spacial score (nSPS) is 18.3. The molecular weight excluding hydrogens is 1090 g/mol. The van der Waals surface area contributed by atoms with Crippen molar-refractivity contribution in [3.63, 3.8) is 0 Å². The van der Waals surface area contributed by atoms with Crippen molar-refractivity contribution in [2.45, 2.75) is 142 Å². The molecule has 0 bridgehead atoms. The number of methoxy groups -OCH3 is 1. The molecule has 16 heteroatoms. The Morgan fingerprint density at radius 2 is 1.06 bits per heavy atom. The van der Waals surface area contributed by atoms with Gasteiger partial charge in [-0.1, -0.05) is 139 Å². The molecule has 2 aromatic heterocycles. The van der Waals surface area contributed by atoms with Gasteiger partial charge < -0.3 is 19.3 Å². The molecule has 4 heterocycles. The number of benzene rings is 6. The number of aromatic hydroxyl groups is 1. The van der Waals surface area contributed by atoms with Gasteiger partial charge in [0.1, 0.15) is 22.9 Å². The van der Waals surface area contributed by atoms with E-state index < -0.39 is 0 Å². The minimum absolute atomic E-state index is 0.00700. The van der Waals surface area contributed by atoms with Crippen LogP contribution < -0.4 is 4.74 Å². The number of hydrogen-bond donors (Lipinski definition) is 1. The fraction of sp³-hybridized carbons (Fsp3) is 0.408. The minimum atomic E-state index is -0.149. The van der Waals surface area contributed by atoms with Gasteiger partial charge in [-0.2, -0.15) is 15.0 Å². The van der Waals surface area contributed by atoms with E-state index in [1.54, 1.807) is 18.0 Å². The summed E-state index contributed by atoms with van der Waals surface area (Å²) in [6.45, 7) is 20.9. The van der Waals surface area contributed by atoms with Crippen molar-refractivity contribution in [1.82, 2.24) is 49.6 Å². The molecule has 0 saturated carbocycles. The van der Waals surface area contributed by atoms with Gasteiger partial charge in [0.05, 0.1) is 51.3 Å². The summed E-state index contributed by atoms with van der Waals surface area (Å²) in [7, 11) is 1.73. The lowest BCUT2D eigenvalue weighted by molar-refractivity contribution is -0.144. The summed E-state index contributed by atoms with van der Waals surface area (Å²) in [5.41, 5.74) is 11.1. The number of carbonyl (C=O) groups excluding carboxylic acids is 2. The second-order valence-electron chi connectivity index (χ2n) is 23.3. The molecule has 0 amide bonds. The number of rotatable bonds is 25. The number of phenols is 1. The number of nitrogens with zero attached hydrogens (tertiary/aromatic N) is 10. The van der Waals surface area contributed by atoms with E-state index in [-0.39, 0.29) is 29.8 Å². The first-order valence-electron chi connectivity index (χ1n) is 31.2. The molecule has 0 radical (unpaired) electrons. The van der Waals surface area contributed by atoms with Crippen LogP contribution in [0.5, 0.6) is 11.5 Å². The molecule has 6 aromatic carbocycles. The van der Waals surface area contributed by atoms with Crippen molar-refractivity contribution in [3.05, 3.63) is 203 Å². The maximum atomic E-state index is 11.6. The van der Waals surface area contributed by atoms with Crippen LogP contribution >= 0.6 is 0 Å². The highest BCUT2D eigenvalue weighted by Crippen LogP contribution is 2.38. The van der Waals surface area contributed by atoms with Gasteiger partial charge in [0.15, 0.2) is 0 Å². The van der Waals surface area contributed by atoms with Gasteiger partial charge in [0, 0.05) is 93.9 Å². The van der Waals surface area contributed by atoms with Crippen molar-refractivity contribution in [3.8, 4) is 34.0 Å². The van der Waals surface area contributed by atoms with Crippen LogP contribution in [-0.4, -0.2) is 137 Å². The lowest BCUT2D eigenvalue weighted by Gasteiger charge is -2.47. The molecule has 1 N–H and O–H groups in total. The summed E-state index contributed by atoms with van der Waals surface area (Å²) >= 11 is 0. The zero-order valence-electron chi connectivity index (χ0n) is 51.9. The van der Waals surface area contributed by atoms with Crippen molar-refractivity contribution in [2.24, 2.45) is 0 Å². The number of carbonyl (C=O) groups is 2. The van der Waals surface area contributed by atoms with Gasteiger partial charge in [-0.3, -0.25) is 33.9 Å². The number of phenolic OH excluding ortho intramolecular Hbond substituents is 1. The molecule has 2 fully saturated rings. The monoisotopic (exact) mass is 1180 g/mol. The van der Waals surface area contributed by atoms with Crippen molar-refractivity contribution in [1.29, 1.82) is 0 Å². The van der Waals surface area contributed by atoms with E-state index in [0.29, 0.717) is 63.3 Å². The molecular formula is C71H88N10O6. The lowest BCUT2D eigenvalue weighted by atomic mass is 9.92. The molecule has 10 rings (SSSR count). The first-order chi connectivity index (χ1) is 42.4. The summed E-state index contributed by atoms with van der Waals surface area (Å²) in [4.78, 5) is 35.3. The van der Waals surface area contributed by atoms with E-state index in [1.165, 1.54) is 27.8 Å². The fourth-order valence-corrected chi connectivity index (χ4v) is 12.2. The fourth-order valence-electron chi connectivity index (χ4n) is 12.2. The highest BCUT2D eigenvalue weighted by atomic mass is 16.5. The third-order valence-corrected chi connectivity index (χ3v) is 16.8. The molecule has 8 aromatic rings. The average Bonchev–Trinajstić information content (AvgIpc) is 4.31. The Morgan fingerprint density at radius 3 is 1.57 bits per heavy atom. The van der Waals surface area contributed by atoms with Gasteiger partial charge in [0.2, 0.25) is 0 Å². The quantitative estimate of drug-likeness (QED) is 0.0426. The van der Waals surface area contributed by atoms with Crippen LogP contribution in [0.2, 0.25) is 0 Å².